The van der Waals surface area contributed by atoms with Crippen molar-refractivity contribution in [3.63, 3.8) is 0 Å². The largest absolute Gasteiger partial charge is 0.495 e. The minimum Gasteiger partial charge on any atom is -0.495 e. The molecule has 2 aromatic carbocycles. The molecule has 0 spiro atoms. The molecule has 0 radical (unpaired) electrons. The number of ether oxygens (including phenoxy) is 2. The first kappa shape index (κ1) is 18.2. The SMILES string of the molecule is COc1ccccc1S(=O)c1ccc(S(=O)c2ccccc2OC)nn1. The second kappa shape index (κ2) is 8.20. The Morgan fingerprint density at radius 2 is 1.04 bits per heavy atom. The molecule has 26 heavy (non-hydrogen) atoms. The fourth-order valence-corrected chi connectivity index (χ4v) is 4.41. The van der Waals surface area contributed by atoms with Crippen molar-refractivity contribution in [2.45, 2.75) is 19.8 Å². The third-order valence-corrected chi connectivity index (χ3v) is 6.20. The standard InChI is InChI=1S/C18H16N2O4S2/c1-23-13-7-3-5-9-15(13)25(21)17-11-12-18(20-19-17)26(22)16-10-6-4-8-14(16)24-2/h3-12H,1-2H3. The van der Waals surface area contributed by atoms with Crippen LogP contribution in [0.2, 0.25) is 0 Å². The zero-order valence-electron chi connectivity index (χ0n) is 14.1. The monoisotopic (exact) mass is 388 g/mol. The van der Waals surface area contributed by atoms with E-state index < -0.39 is 21.6 Å². The number of rotatable bonds is 6. The normalized spacial score (nSPS) is 13.0. The van der Waals surface area contributed by atoms with Gasteiger partial charge in [0, 0.05) is 0 Å². The molecule has 1 aromatic heterocycles. The van der Waals surface area contributed by atoms with E-state index in [1.54, 1.807) is 60.7 Å². The van der Waals surface area contributed by atoms with Gasteiger partial charge in [-0.2, -0.15) is 0 Å². The Hall–Kier alpha value is -2.58. The lowest BCUT2D eigenvalue weighted by Crippen LogP contribution is -2.04. The Kier molecular flexibility index (Phi) is 5.75. The van der Waals surface area contributed by atoms with Crippen molar-refractivity contribution < 1.29 is 17.9 Å². The molecule has 1 heterocycles. The number of methoxy groups -OCH3 is 2. The molecule has 0 aliphatic rings. The zero-order valence-corrected chi connectivity index (χ0v) is 15.8. The van der Waals surface area contributed by atoms with Gasteiger partial charge in [0.2, 0.25) is 0 Å². The average molecular weight is 388 g/mol. The summed E-state index contributed by atoms with van der Waals surface area (Å²) in [6.07, 6.45) is 0. The molecule has 0 aliphatic heterocycles. The van der Waals surface area contributed by atoms with Crippen molar-refractivity contribution in [3.8, 4) is 11.5 Å². The van der Waals surface area contributed by atoms with Gasteiger partial charge in [-0.05, 0) is 36.4 Å². The van der Waals surface area contributed by atoms with E-state index in [-0.39, 0.29) is 10.1 Å². The van der Waals surface area contributed by atoms with E-state index in [9.17, 15) is 8.42 Å². The molecule has 0 N–H and O–H groups in total. The molecule has 0 saturated heterocycles. The maximum atomic E-state index is 12.7. The topological polar surface area (TPSA) is 78.4 Å². The van der Waals surface area contributed by atoms with Crippen LogP contribution in [0.15, 0.2) is 80.5 Å². The Morgan fingerprint density at radius 3 is 1.38 bits per heavy atom. The predicted octanol–water partition coefficient (Wildman–Crippen LogP) is 2.83. The molecule has 8 heteroatoms. The van der Waals surface area contributed by atoms with Crippen LogP contribution >= 0.6 is 0 Å². The van der Waals surface area contributed by atoms with Gasteiger partial charge in [0.1, 0.15) is 33.1 Å². The van der Waals surface area contributed by atoms with E-state index in [1.807, 2.05) is 0 Å². The van der Waals surface area contributed by atoms with Gasteiger partial charge in [-0.15, -0.1) is 10.2 Å². The van der Waals surface area contributed by atoms with Gasteiger partial charge in [0.15, 0.2) is 10.1 Å². The first-order valence-corrected chi connectivity index (χ1v) is 9.89. The summed E-state index contributed by atoms with van der Waals surface area (Å²) in [5.41, 5.74) is 0. The van der Waals surface area contributed by atoms with Crippen molar-refractivity contribution >= 4 is 21.6 Å². The molecule has 6 nitrogen and oxygen atoms in total. The molecular formula is C18H16N2O4S2. The van der Waals surface area contributed by atoms with Crippen molar-refractivity contribution in [2.24, 2.45) is 0 Å². The van der Waals surface area contributed by atoms with Crippen LogP contribution in [-0.2, 0) is 21.6 Å². The van der Waals surface area contributed by atoms with Crippen LogP contribution in [0.3, 0.4) is 0 Å². The molecule has 3 rings (SSSR count). The van der Waals surface area contributed by atoms with E-state index in [0.29, 0.717) is 21.3 Å². The maximum Gasteiger partial charge on any atom is 0.155 e. The van der Waals surface area contributed by atoms with Gasteiger partial charge >= 0.3 is 0 Å². The Balaban J connectivity index is 1.89. The van der Waals surface area contributed by atoms with Crippen molar-refractivity contribution in [3.05, 3.63) is 60.7 Å². The molecule has 0 fully saturated rings. The highest BCUT2D eigenvalue weighted by Gasteiger charge is 2.17. The lowest BCUT2D eigenvalue weighted by atomic mass is 10.3. The summed E-state index contributed by atoms with van der Waals surface area (Å²) in [7, 11) is -0.0748. The highest BCUT2D eigenvalue weighted by Crippen LogP contribution is 2.27. The van der Waals surface area contributed by atoms with Gasteiger partial charge in [0.05, 0.1) is 24.0 Å². The molecule has 0 amide bonds. The van der Waals surface area contributed by atoms with Crippen molar-refractivity contribution in [1.82, 2.24) is 10.2 Å². The first-order valence-electron chi connectivity index (χ1n) is 7.59. The summed E-state index contributed by atoms with van der Waals surface area (Å²) in [4.78, 5) is 1.01. The van der Waals surface area contributed by atoms with Gasteiger partial charge in [-0.1, -0.05) is 24.3 Å². The van der Waals surface area contributed by atoms with Gasteiger partial charge in [0.25, 0.3) is 0 Å². The van der Waals surface area contributed by atoms with Crippen LogP contribution in [0.1, 0.15) is 0 Å². The summed E-state index contributed by atoms with van der Waals surface area (Å²) in [5, 5.41) is 8.50. The summed E-state index contributed by atoms with van der Waals surface area (Å²) in [6, 6.07) is 17.1. The van der Waals surface area contributed by atoms with E-state index in [2.05, 4.69) is 10.2 Å². The van der Waals surface area contributed by atoms with E-state index in [0.717, 1.165) is 0 Å². The minimum atomic E-state index is -1.55. The summed E-state index contributed by atoms with van der Waals surface area (Å²) in [5.74, 6) is 1.02. The van der Waals surface area contributed by atoms with Gasteiger partial charge < -0.3 is 9.47 Å². The number of benzene rings is 2. The van der Waals surface area contributed by atoms with Crippen LogP contribution in [0.5, 0.6) is 11.5 Å². The number of aromatic nitrogens is 2. The highest BCUT2D eigenvalue weighted by molar-refractivity contribution is 7.85. The smallest absolute Gasteiger partial charge is 0.155 e. The fraction of sp³-hybridized carbons (Fsp3) is 0.111. The van der Waals surface area contributed by atoms with Crippen LogP contribution in [-0.4, -0.2) is 32.8 Å². The third kappa shape index (κ3) is 3.66. The summed E-state index contributed by atoms with van der Waals surface area (Å²) >= 11 is 0. The molecule has 0 bridgehead atoms. The van der Waals surface area contributed by atoms with E-state index in [4.69, 9.17) is 9.47 Å². The molecule has 0 saturated carbocycles. The minimum absolute atomic E-state index is 0.260. The van der Waals surface area contributed by atoms with Crippen LogP contribution in [0, 0.1) is 0 Å². The summed E-state index contributed by atoms with van der Waals surface area (Å²) < 4.78 is 35.9. The molecule has 3 aromatic rings. The molecule has 0 aliphatic carbocycles. The number of para-hydroxylation sites is 2. The Labute approximate surface area is 156 Å². The Bertz CT molecular complexity index is 883. The van der Waals surface area contributed by atoms with Gasteiger partial charge in [-0.3, -0.25) is 0 Å². The molecule has 134 valence electrons. The third-order valence-electron chi connectivity index (χ3n) is 3.53. The van der Waals surface area contributed by atoms with E-state index in [1.165, 1.54) is 14.2 Å². The van der Waals surface area contributed by atoms with E-state index >= 15 is 0 Å². The molecular weight excluding hydrogens is 372 g/mol. The number of hydrogen-bond acceptors (Lipinski definition) is 6. The summed E-state index contributed by atoms with van der Waals surface area (Å²) in [6.45, 7) is 0. The molecule has 2 unspecified atom stereocenters. The lowest BCUT2D eigenvalue weighted by Gasteiger charge is -2.08. The zero-order chi connectivity index (χ0) is 18.5. The highest BCUT2D eigenvalue weighted by atomic mass is 32.2. The maximum absolute atomic E-state index is 12.7. The quantitative estimate of drug-likeness (QED) is 0.646. The number of nitrogens with zero attached hydrogens (tertiary/aromatic N) is 2. The first-order chi connectivity index (χ1) is 12.7. The van der Waals surface area contributed by atoms with Crippen LogP contribution in [0.25, 0.3) is 0 Å². The van der Waals surface area contributed by atoms with Gasteiger partial charge in [-0.25, -0.2) is 8.42 Å². The van der Waals surface area contributed by atoms with Crippen molar-refractivity contribution in [1.29, 1.82) is 0 Å². The molecule has 2 atom stereocenters. The second-order valence-corrected chi connectivity index (χ2v) is 7.84. The van der Waals surface area contributed by atoms with Crippen LogP contribution < -0.4 is 9.47 Å². The lowest BCUT2D eigenvalue weighted by molar-refractivity contribution is 0.403. The second-order valence-electron chi connectivity index (χ2n) is 5.05. The Morgan fingerprint density at radius 1 is 0.654 bits per heavy atom. The number of hydrogen-bond donors (Lipinski definition) is 0. The predicted molar refractivity (Wildman–Crippen MR) is 97.4 cm³/mol. The average Bonchev–Trinajstić information content (AvgIpc) is 2.72. The van der Waals surface area contributed by atoms with Crippen molar-refractivity contribution in [2.75, 3.05) is 14.2 Å². The fourth-order valence-electron chi connectivity index (χ4n) is 2.27. The van der Waals surface area contributed by atoms with Crippen LogP contribution in [0.4, 0.5) is 0 Å².